The number of allylic oxidation sites excluding steroid dienone is 7. The summed E-state index contributed by atoms with van der Waals surface area (Å²) in [6.45, 7) is 10.2. The Morgan fingerprint density at radius 1 is 0.791 bits per heavy atom. The minimum absolute atomic E-state index is 0. The topological polar surface area (TPSA) is 18.3 Å². The smallest absolute Gasteiger partial charge is 0.209 e. The van der Waals surface area contributed by atoms with Crippen molar-refractivity contribution >= 4 is 17.1 Å². The average Bonchev–Trinajstić information content (AvgIpc) is 3.32. The second kappa shape index (κ2) is 12.3. The minimum Gasteiger partial charge on any atom is -1.00 e. The molecule has 3 aromatic rings. The van der Waals surface area contributed by atoms with E-state index in [0.717, 1.165) is 25.8 Å². The van der Waals surface area contributed by atoms with Crippen LogP contribution in [0.4, 0.5) is 11.4 Å². The monoisotopic (exact) mass is 681 g/mol. The molecule has 1 aliphatic carbocycles. The quantitative estimate of drug-likeness (QED) is 0.265. The molecule has 0 saturated heterocycles. The zero-order chi connectivity index (χ0) is 29.5. The van der Waals surface area contributed by atoms with Crippen LogP contribution < -0.4 is 34.2 Å². The van der Waals surface area contributed by atoms with E-state index in [9.17, 15) is 0 Å². The van der Waals surface area contributed by atoms with E-state index in [1.54, 1.807) is 0 Å². The maximum atomic E-state index is 3.88. The zero-order valence-corrected chi connectivity index (χ0v) is 28.6. The van der Waals surface area contributed by atoms with Crippen LogP contribution in [-0.4, -0.2) is 24.4 Å². The van der Waals surface area contributed by atoms with Gasteiger partial charge in [-0.05, 0) is 67.5 Å². The highest BCUT2D eigenvalue weighted by Crippen LogP contribution is 2.47. The molecule has 6 rings (SSSR count). The minimum atomic E-state index is -0.0363. The van der Waals surface area contributed by atoms with Crippen molar-refractivity contribution in [3.05, 3.63) is 142 Å². The molecule has 0 atom stereocenters. The van der Waals surface area contributed by atoms with Crippen LogP contribution in [0.1, 0.15) is 63.6 Å². The third-order valence-corrected chi connectivity index (χ3v) is 9.61. The lowest BCUT2D eigenvalue weighted by molar-refractivity contribution is -0.401. The largest absolute Gasteiger partial charge is 1.00 e. The molecule has 1 N–H and O–H groups in total. The van der Waals surface area contributed by atoms with Gasteiger partial charge in [-0.2, -0.15) is 4.58 Å². The summed E-state index contributed by atoms with van der Waals surface area (Å²) in [7, 11) is 4.40. The Morgan fingerprint density at radius 2 is 1.47 bits per heavy atom. The lowest BCUT2D eigenvalue weighted by Crippen LogP contribution is -3.00. The van der Waals surface area contributed by atoms with E-state index in [-0.39, 0.29) is 34.8 Å². The highest BCUT2D eigenvalue weighted by molar-refractivity contribution is 6.03. The van der Waals surface area contributed by atoms with Crippen LogP contribution in [-0.2, 0) is 17.4 Å². The normalized spacial score (nSPS) is 20.6. The Bertz CT molecular complexity index is 1670. The Hall–Kier alpha value is -3.38. The highest BCUT2D eigenvalue weighted by atomic mass is 127. The van der Waals surface area contributed by atoms with Crippen molar-refractivity contribution in [1.82, 2.24) is 5.32 Å². The number of hydrogen-bond acceptors (Lipinski definition) is 2. The number of fused-ring (bicyclic) bond motifs is 2. The van der Waals surface area contributed by atoms with Crippen molar-refractivity contribution in [2.24, 2.45) is 0 Å². The molecule has 43 heavy (non-hydrogen) atoms. The van der Waals surface area contributed by atoms with Gasteiger partial charge in [-0.15, -0.1) is 0 Å². The molecular weight excluding hydrogens is 637 g/mol. The lowest BCUT2D eigenvalue weighted by atomic mass is 9.81. The molecule has 0 saturated carbocycles. The number of halogens is 1. The molecule has 0 bridgehead atoms. The number of nitrogens with one attached hydrogen (secondary N) is 1. The van der Waals surface area contributed by atoms with Crippen LogP contribution >= 0.6 is 0 Å². The summed E-state index contributed by atoms with van der Waals surface area (Å²) in [4.78, 5) is 2.36. The van der Waals surface area contributed by atoms with Gasteiger partial charge in [-0.3, -0.25) is 0 Å². The van der Waals surface area contributed by atoms with Crippen molar-refractivity contribution < 1.29 is 28.6 Å². The van der Waals surface area contributed by atoms with E-state index in [1.807, 2.05) is 0 Å². The number of hydrogen-bond donors (Lipinski definition) is 1. The van der Waals surface area contributed by atoms with Gasteiger partial charge in [-0.1, -0.05) is 92.7 Å². The molecule has 222 valence electrons. The van der Waals surface area contributed by atoms with E-state index in [0.29, 0.717) is 0 Å². The molecule has 0 amide bonds. The Kier molecular flexibility index (Phi) is 8.89. The molecule has 4 heteroatoms. The van der Waals surface area contributed by atoms with Gasteiger partial charge >= 0.3 is 0 Å². The van der Waals surface area contributed by atoms with Crippen molar-refractivity contribution in [2.75, 3.05) is 19.0 Å². The molecule has 0 fully saturated rings. The van der Waals surface area contributed by atoms with Crippen LogP contribution in [0, 0.1) is 0 Å². The number of benzene rings is 3. The molecule has 3 aromatic carbocycles. The van der Waals surface area contributed by atoms with Gasteiger partial charge in [0.25, 0.3) is 0 Å². The fourth-order valence-corrected chi connectivity index (χ4v) is 7.23. The molecule has 0 spiro atoms. The summed E-state index contributed by atoms with van der Waals surface area (Å²) < 4.78 is 2.36. The highest BCUT2D eigenvalue weighted by Gasteiger charge is 2.42. The summed E-state index contributed by atoms with van der Waals surface area (Å²) in [6.07, 6.45) is 12.8. The summed E-state index contributed by atoms with van der Waals surface area (Å²) in [5.41, 5.74) is 13.3. The summed E-state index contributed by atoms with van der Waals surface area (Å²) in [6, 6.07) is 28.3. The molecule has 0 unspecified atom stereocenters. The van der Waals surface area contributed by atoms with E-state index < -0.39 is 0 Å². The molecule has 2 aliphatic heterocycles. The van der Waals surface area contributed by atoms with E-state index in [2.05, 4.69) is 160 Å². The van der Waals surface area contributed by atoms with Gasteiger partial charge < -0.3 is 34.2 Å². The van der Waals surface area contributed by atoms with Gasteiger partial charge in [0.05, 0.1) is 5.41 Å². The zero-order valence-electron chi connectivity index (χ0n) is 26.4. The lowest BCUT2D eigenvalue weighted by Gasteiger charge is -2.25. The standard InChI is InChI=1S/C39H43N3.HI/c1-38(2)31-19-10-12-21-33(31)41(5)35(38)25-23-29-17-14-18-30(37(29)40-27-28-15-8-7-9-16-28)24-26-36-39(3,4)32-20-11-13-22-34(32)42(36)6;/h7-13,15-16,19-26H,14,17-18,27H2,1-6H3;1H/b29-23+,35-25+;. The van der Waals surface area contributed by atoms with Gasteiger partial charge in [0.15, 0.2) is 5.71 Å². The molecule has 2 heterocycles. The van der Waals surface area contributed by atoms with Crippen LogP contribution in [0.15, 0.2) is 126 Å². The molecule has 3 nitrogen and oxygen atoms in total. The Balaban J connectivity index is 0.00000368. The fourth-order valence-electron chi connectivity index (χ4n) is 7.23. The second-order valence-corrected chi connectivity index (χ2v) is 13.0. The molecule has 0 aromatic heterocycles. The summed E-state index contributed by atoms with van der Waals surface area (Å²) in [5, 5.41) is 3.88. The van der Waals surface area contributed by atoms with Crippen molar-refractivity contribution in [3.63, 3.8) is 0 Å². The van der Waals surface area contributed by atoms with Gasteiger partial charge in [-0.25, -0.2) is 0 Å². The van der Waals surface area contributed by atoms with E-state index in [4.69, 9.17) is 0 Å². The first-order valence-electron chi connectivity index (χ1n) is 15.3. The van der Waals surface area contributed by atoms with Crippen LogP contribution in [0.3, 0.4) is 0 Å². The maximum absolute atomic E-state index is 3.88. The predicted molar refractivity (Wildman–Crippen MR) is 178 cm³/mol. The molecule has 0 radical (unpaired) electrons. The van der Waals surface area contributed by atoms with Gasteiger partial charge in [0, 0.05) is 53.8 Å². The van der Waals surface area contributed by atoms with E-state index in [1.165, 1.54) is 56.3 Å². The van der Waals surface area contributed by atoms with Crippen LogP contribution in [0.2, 0.25) is 0 Å². The first-order valence-corrected chi connectivity index (χ1v) is 15.3. The third kappa shape index (κ3) is 5.66. The van der Waals surface area contributed by atoms with Gasteiger partial charge in [0.1, 0.15) is 7.05 Å². The first kappa shape index (κ1) is 31.1. The SMILES string of the molecule is CN1/C(=C/C=C2\CCCC(/C=C/C3=[N+](C)c4ccccc4C3(C)C)=C2NCc2ccccc2)C(C)(C)c2ccccc21.[I-]. The number of nitrogens with zero attached hydrogens (tertiary/aromatic N) is 2. The summed E-state index contributed by atoms with van der Waals surface area (Å²) in [5.74, 6) is 0. The van der Waals surface area contributed by atoms with Crippen molar-refractivity contribution in [2.45, 2.75) is 64.3 Å². The average molecular weight is 682 g/mol. The maximum Gasteiger partial charge on any atom is 0.209 e. The van der Waals surface area contributed by atoms with Crippen LogP contribution in [0.5, 0.6) is 0 Å². The molecular formula is C39H44IN3. The number of para-hydroxylation sites is 2. The third-order valence-electron chi connectivity index (χ3n) is 9.61. The molecule has 3 aliphatic rings. The second-order valence-electron chi connectivity index (χ2n) is 13.0. The van der Waals surface area contributed by atoms with Crippen molar-refractivity contribution in [1.29, 1.82) is 0 Å². The summed E-state index contributed by atoms with van der Waals surface area (Å²) >= 11 is 0. The number of rotatable bonds is 6. The number of likely N-dealkylation sites (N-methyl/N-ethyl adjacent to an activating group) is 1. The fraction of sp³-hybridized carbons (Fsp3) is 0.308. The first-order chi connectivity index (χ1) is 20.2. The Labute approximate surface area is 275 Å². The Morgan fingerprint density at radius 3 is 2.19 bits per heavy atom. The van der Waals surface area contributed by atoms with Gasteiger partial charge in [0.2, 0.25) is 5.69 Å². The van der Waals surface area contributed by atoms with E-state index >= 15 is 0 Å². The van der Waals surface area contributed by atoms with Crippen LogP contribution in [0.25, 0.3) is 0 Å². The predicted octanol–water partition coefficient (Wildman–Crippen LogP) is 5.72. The van der Waals surface area contributed by atoms with Crippen molar-refractivity contribution in [3.8, 4) is 0 Å². The number of anilines is 1.